The van der Waals surface area contributed by atoms with Gasteiger partial charge in [0.1, 0.15) is 0 Å². The number of aldehydes is 1. The molecule has 1 aromatic rings. The van der Waals surface area contributed by atoms with Gasteiger partial charge in [-0.15, -0.1) is 0 Å². The molecule has 0 atom stereocenters. The second-order valence-electron chi connectivity index (χ2n) is 3.92. The van der Waals surface area contributed by atoms with Gasteiger partial charge in [0, 0.05) is 37.4 Å². The highest BCUT2D eigenvalue weighted by atomic mass is 16.1. The van der Waals surface area contributed by atoms with Crippen LogP contribution in [0.4, 0.5) is 5.69 Å². The van der Waals surface area contributed by atoms with Crippen molar-refractivity contribution in [2.45, 2.75) is 6.92 Å². The van der Waals surface area contributed by atoms with E-state index >= 15 is 0 Å². The van der Waals surface area contributed by atoms with Gasteiger partial charge in [-0.3, -0.25) is 4.79 Å². The summed E-state index contributed by atoms with van der Waals surface area (Å²) < 4.78 is 0. The Kier molecular flexibility index (Phi) is 3.02. The zero-order valence-corrected chi connectivity index (χ0v) is 8.99. The lowest BCUT2D eigenvalue weighted by atomic mass is 10.1. The molecule has 1 heterocycles. The highest BCUT2D eigenvalue weighted by molar-refractivity contribution is 5.85. The summed E-state index contributed by atoms with van der Waals surface area (Å²) in [5, 5.41) is 3.31. The maximum Gasteiger partial charge on any atom is 0.152 e. The average Bonchev–Trinajstić information content (AvgIpc) is 2.30. The van der Waals surface area contributed by atoms with Gasteiger partial charge in [-0.2, -0.15) is 0 Å². The normalized spacial score (nSPS) is 16.5. The Labute approximate surface area is 90.1 Å². The Bertz CT molecular complexity index is 357. The smallest absolute Gasteiger partial charge is 0.152 e. The topological polar surface area (TPSA) is 32.3 Å². The molecule has 15 heavy (non-hydrogen) atoms. The molecule has 1 aliphatic heterocycles. The van der Waals surface area contributed by atoms with Crippen molar-refractivity contribution < 1.29 is 4.79 Å². The zero-order chi connectivity index (χ0) is 10.7. The summed E-state index contributed by atoms with van der Waals surface area (Å²) in [5.41, 5.74) is 3.07. The fraction of sp³-hybridized carbons (Fsp3) is 0.417. The molecule has 0 unspecified atom stereocenters. The van der Waals surface area contributed by atoms with E-state index < -0.39 is 0 Å². The minimum absolute atomic E-state index is 0.794. The Morgan fingerprint density at radius 1 is 1.33 bits per heavy atom. The van der Waals surface area contributed by atoms with E-state index in [1.807, 2.05) is 12.1 Å². The lowest BCUT2D eigenvalue weighted by molar-refractivity contribution is 0.112. The van der Waals surface area contributed by atoms with Gasteiger partial charge in [0.25, 0.3) is 0 Å². The quantitative estimate of drug-likeness (QED) is 0.735. The molecule has 0 aliphatic carbocycles. The SMILES string of the molecule is Cc1ccc(C=O)c(N2CCNCC2)c1. The van der Waals surface area contributed by atoms with Crippen LogP contribution in [0.3, 0.4) is 0 Å². The number of hydrogen-bond acceptors (Lipinski definition) is 3. The molecule has 3 heteroatoms. The number of benzene rings is 1. The third kappa shape index (κ3) is 2.18. The number of hydrogen-bond donors (Lipinski definition) is 1. The first-order chi connectivity index (χ1) is 7.31. The van der Waals surface area contributed by atoms with Crippen LogP contribution in [0.25, 0.3) is 0 Å². The number of aryl methyl sites for hydroxylation is 1. The maximum atomic E-state index is 10.9. The first kappa shape index (κ1) is 10.2. The summed E-state index contributed by atoms with van der Waals surface area (Å²) in [7, 11) is 0. The Hall–Kier alpha value is -1.35. The highest BCUT2D eigenvalue weighted by Gasteiger charge is 2.13. The van der Waals surface area contributed by atoms with Gasteiger partial charge in [-0.05, 0) is 24.6 Å². The molecule has 1 N–H and O–H groups in total. The van der Waals surface area contributed by atoms with Gasteiger partial charge >= 0.3 is 0 Å². The minimum atomic E-state index is 0.794. The monoisotopic (exact) mass is 204 g/mol. The van der Waals surface area contributed by atoms with Gasteiger partial charge in [0.05, 0.1) is 0 Å². The Balaban J connectivity index is 2.31. The second-order valence-corrected chi connectivity index (χ2v) is 3.92. The van der Waals surface area contributed by atoms with E-state index in [1.165, 1.54) is 5.56 Å². The molecule has 80 valence electrons. The summed E-state index contributed by atoms with van der Waals surface area (Å²) in [6.45, 7) is 5.99. The summed E-state index contributed by atoms with van der Waals surface area (Å²) in [4.78, 5) is 13.2. The van der Waals surface area contributed by atoms with Crippen LogP contribution in [-0.2, 0) is 0 Å². The molecule has 0 saturated carbocycles. The van der Waals surface area contributed by atoms with Crippen molar-refractivity contribution in [3.05, 3.63) is 29.3 Å². The molecule has 0 bridgehead atoms. The van der Waals surface area contributed by atoms with Gasteiger partial charge < -0.3 is 10.2 Å². The van der Waals surface area contributed by atoms with Crippen LogP contribution >= 0.6 is 0 Å². The lowest BCUT2D eigenvalue weighted by Gasteiger charge is -2.30. The highest BCUT2D eigenvalue weighted by Crippen LogP contribution is 2.21. The van der Waals surface area contributed by atoms with Crippen molar-refractivity contribution in [1.29, 1.82) is 0 Å². The summed E-state index contributed by atoms with van der Waals surface area (Å²) in [5.74, 6) is 0. The predicted molar refractivity (Wildman–Crippen MR) is 61.6 cm³/mol. The van der Waals surface area contributed by atoms with Gasteiger partial charge in [0.2, 0.25) is 0 Å². The molecule has 2 rings (SSSR count). The summed E-state index contributed by atoms with van der Waals surface area (Å²) in [6, 6.07) is 5.98. The van der Waals surface area contributed by atoms with Crippen molar-refractivity contribution in [3.8, 4) is 0 Å². The molecular formula is C12H16N2O. The van der Waals surface area contributed by atoms with Crippen molar-refractivity contribution in [3.63, 3.8) is 0 Å². The molecule has 0 aromatic heterocycles. The molecule has 1 saturated heterocycles. The van der Waals surface area contributed by atoms with E-state index in [-0.39, 0.29) is 0 Å². The van der Waals surface area contributed by atoms with Crippen molar-refractivity contribution in [2.75, 3.05) is 31.1 Å². The summed E-state index contributed by atoms with van der Waals surface area (Å²) >= 11 is 0. The third-order valence-corrected chi connectivity index (χ3v) is 2.77. The third-order valence-electron chi connectivity index (χ3n) is 2.77. The zero-order valence-electron chi connectivity index (χ0n) is 8.99. The first-order valence-corrected chi connectivity index (χ1v) is 5.33. The standard InChI is InChI=1S/C12H16N2O/c1-10-2-3-11(9-15)12(8-10)14-6-4-13-5-7-14/h2-3,8-9,13H,4-7H2,1H3. The number of rotatable bonds is 2. The van der Waals surface area contributed by atoms with Crippen LogP contribution in [0, 0.1) is 6.92 Å². The number of carbonyl (C=O) groups is 1. The van der Waals surface area contributed by atoms with Gasteiger partial charge in [-0.1, -0.05) is 6.07 Å². The van der Waals surface area contributed by atoms with Crippen molar-refractivity contribution >= 4 is 12.0 Å². The van der Waals surface area contributed by atoms with E-state index in [9.17, 15) is 4.79 Å². The van der Waals surface area contributed by atoms with Crippen molar-refractivity contribution in [1.82, 2.24) is 5.32 Å². The molecule has 0 spiro atoms. The Morgan fingerprint density at radius 2 is 2.07 bits per heavy atom. The number of piperazine rings is 1. The van der Waals surface area contributed by atoms with Gasteiger partial charge in [-0.25, -0.2) is 0 Å². The lowest BCUT2D eigenvalue weighted by Crippen LogP contribution is -2.43. The summed E-state index contributed by atoms with van der Waals surface area (Å²) in [6.07, 6.45) is 0.941. The predicted octanol–water partition coefficient (Wildman–Crippen LogP) is 1.22. The van der Waals surface area contributed by atoms with Crippen LogP contribution < -0.4 is 10.2 Å². The molecule has 1 fully saturated rings. The molecule has 0 amide bonds. The van der Waals surface area contributed by atoms with Gasteiger partial charge in [0.15, 0.2) is 6.29 Å². The fourth-order valence-corrected chi connectivity index (χ4v) is 1.93. The maximum absolute atomic E-state index is 10.9. The molecule has 0 radical (unpaired) electrons. The number of anilines is 1. The fourth-order valence-electron chi connectivity index (χ4n) is 1.93. The van der Waals surface area contributed by atoms with Crippen molar-refractivity contribution in [2.24, 2.45) is 0 Å². The van der Waals surface area contributed by atoms with Crippen LogP contribution in [0.1, 0.15) is 15.9 Å². The molecule has 1 aromatic carbocycles. The van der Waals surface area contributed by atoms with E-state index in [0.29, 0.717) is 0 Å². The van der Waals surface area contributed by atoms with Crippen LogP contribution in [0.5, 0.6) is 0 Å². The number of nitrogens with zero attached hydrogens (tertiary/aromatic N) is 1. The number of carbonyl (C=O) groups excluding carboxylic acids is 1. The van der Waals surface area contributed by atoms with E-state index in [4.69, 9.17) is 0 Å². The van der Waals surface area contributed by atoms with E-state index in [2.05, 4.69) is 23.2 Å². The Morgan fingerprint density at radius 3 is 2.73 bits per heavy atom. The average molecular weight is 204 g/mol. The molecular weight excluding hydrogens is 188 g/mol. The minimum Gasteiger partial charge on any atom is -0.368 e. The first-order valence-electron chi connectivity index (χ1n) is 5.33. The van der Waals surface area contributed by atoms with Crippen LogP contribution in [-0.4, -0.2) is 32.5 Å². The number of nitrogens with one attached hydrogen (secondary N) is 1. The van der Waals surface area contributed by atoms with Crippen LogP contribution in [0.2, 0.25) is 0 Å². The van der Waals surface area contributed by atoms with E-state index in [1.54, 1.807) is 0 Å². The largest absolute Gasteiger partial charge is 0.368 e. The second kappa shape index (κ2) is 4.45. The van der Waals surface area contributed by atoms with E-state index in [0.717, 1.165) is 43.7 Å². The molecule has 3 nitrogen and oxygen atoms in total. The molecule has 1 aliphatic rings. The van der Waals surface area contributed by atoms with Crippen LogP contribution in [0.15, 0.2) is 18.2 Å².